The minimum Gasteiger partial charge on any atom is -0.496 e. The van der Waals surface area contributed by atoms with Crippen LogP contribution < -0.4 is 10.1 Å². The summed E-state index contributed by atoms with van der Waals surface area (Å²) < 4.78 is 10.3. The van der Waals surface area contributed by atoms with E-state index in [1.165, 1.54) is 7.11 Å². The van der Waals surface area contributed by atoms with Crippen molar-refractivity contribution >= 4 is 17.4 Å². The van der Waals surface area contributed by atoms with Gasteiger partial charge < -0.3 is 14.8 Å². The van der Waals surface area contributed by atoms with Gasteiger partial charge in [-0.1, -0.05) is 19.4 Å². The maximum absolute atomic E-state index is 13.6. The number of ketones is 1. The zero-order valence-corrected chi connectivity index (χ0v) is 17.0. The molecule has 3 aliphatic rings. The Kier molecular flexibility index (Phi) is 5.08. The average molecular weight is 386 g/mol. The molecule has 6 heteroatoms. The molecule has 3 aliphatic heterocycles. The van der Waals surface area contributed by atoms with Crippen molar-refractivity contribution in [3.8, 4) is 5.75 Å². The molecule has 0 amide bonds. The summed E-state index contributed by atoms with van der Waals surface area (Å²) in [7, 11) is 3.06. The number of hydrogen-bond acceptors (Lipinski definition) is 6. The van der Waals surface area contributed by atoms with Crippen LogP contribution in [0.3, 0.4) is 0 Å². The maximum Gasteiger partial charge on any atom is 0.305 e. The first-order valence-corrected chi connectivity index (χ1v) is 10.3. The minimum absolute atomic E-state index is 0.148. The largest absolute Gasteiger partial charge is 0.496 e. The molecule has 2 fully saturated rings. The van der Waals surface area contributed by atoms with Crippen LogP contribution in [0.5, 0.6) is 5.75 Å². The highest BCUT2D eigenvalue weighted by Gasteiger charge is 2.59. The number of esters is 1. The second-order valence-corrected chi connectivity index (χ2v) is 8.35. The predicted octanol–water partition coefficient (Wildman–Crippen LogP) is 3.12. The van der Waals surface area contributed by atoms with Gasteiger partial charge in [0.25, 0.3) is 0 Å². The van der Waals surface area contributed by atoms with E-state index in [0.29, 0.717) is 29.6 Å². The van der Waals surface area contributed by atoms with E-state index < -0.39 is 5.54 Å². The van der Waals surface area contributed by atoms with Crippen molar-refractivity contribution < 1.29 is 19.1 Å². The lowest BCUT2D eigenvalue weighted by Crippen LogP contribution is -2.57. The molecule has 0 bridgehead atoms. The molecular formula is C22H30N2O4. The van der Waals surface area contributed by atoms with Gasteiger partial charge in [-0.2, -0.15) is 0 Å². The van der Waals surface area contributed by atoms with Gasteiger partial charge in [0.1, 0.15) is 11.3 Å². The molecular weight excluding hydrogens is 356 g/mol. The Bertz CT molecular complexity index is 780. The highest BCUT2D eigenvalue weighted by Crippen LogP contribution is 2.49. The number of rotatable bonds is 5. The predicted molar refractivity (Wildman–Crippen MR) is 107 cm³/mol. The fraction of sp³-hybridized carbons (Fsp3) is 0.636. The number of benzene rings is 1. The topological polar surface area (TPSA) is 67.9 Å². The van der Waals surface area contributed by atoms with Crippen LogP contribution in [0, 0.1) is 11.8 Å². The van der Waals surface area contributed by atoms with Gasteiger partial charge in [0.15, 0.2) is 5.78 Å². The van der Waals surface area contributed by atoms with Crippen LogP contribution in [0.1, 0.15) is 49.4 Å². The van der Waals surface area contributed by atoms with E-state index in [1.807, 2.05) is 18.2 Å². The molecule has 3 heterocycles. The number of anilines is 1. The first kappa shape index (κ1) is 19.2. The second kappa shape index (κ2) is 7.39. The van der Waals surface area contributed by atoms with Crippen LogP contribution in [0.15, 0.2) is 18.2 Å². The number of ether oxygens (including phenoxy) is 2. The second-order valence-electron chi connectivity index (χ2n) is 8.35. The van der Waals surface area contributed by atoms with Crippen LogP contribution in [0.4, 0.5) is 5.69 Å². The smallest absolute Gasteiger partial charge is 0.305 e. The number of nitrogens with zero attached hydrogens (tertiary/aromatic N) is 1. The average Bonchev–Trinajstić information content (AvgIpc) is 3.23. The van der Waals surface area contributed by atoms with Crippen molar-refractivity contribution in [3.05, 3.63) is 23.8 Å². The van der Waals surface area contributed by atoms with Crippen LogP contribution in [-0.2, 0) is 9.53 Å². The van der Waals surface area contributed by atoms with Gasteiger partial charge in [-0.05, 0) is 43.2 Å². The van der Waals surface area contributed by atoms with Gasteiger partial charge in [-0.3, -0.25) is 14.5 Å². The summed E-state index contributed by atoms with van der Waals surface area (Å²) in [5, 5.41) is 3.60. The number of methoxy groups -OCH3 is 2. The Hall–Kier alpha value is -2.08. The van der Waals surface area contributed by atoms with Gasteiger partial charge >= 0.3 is 5.97 Å². The number of carbonyl (C=O) groups is 2. The first-order valence-electron chi connectivity index (χ1n) is 10.3. The first-order chi connectivity index (χ1) is 13.5. The number of piperidine rings is 1. The highest BCUT2D eigenvalue weighted by molar-refractivity contribution is 6.16. The molecule has 0 saturated carbocycles. The third kappa shape index (κ3) is 2.89. The van der Waals surface area contributed by atoms with Gasteiger partial charge in [0.05, 0.1) is 19.8 Å². The van der Waals surface area contributed by atoms with E-state index in [2.05, 4.69) is 17.1 Å². The normalized spacial score (nSPS) is 31.4. The number of fused-ring (bicyclic) bond motifs is 3. The molecule has 2 saturated heterocycles. The molecule has 28 heavy (non-hydrogen) atoms. The van der Waals surface area contributed by atoms with Crippen molar-refractivity contribution in [1.82, 2.24) is 4.90 Å². The van der Waals surface area contributed by atoms with Crippen LogP contribution in [0.25, 0.3) is 0 Å². The van der Waals surface area contributed by atoms with Crippen LogP contribution in [0.2, 0.25) is 0 Å². The summed E-state index contributed by atoms with van der Waals surface area (Å²) in [4.78, 5) is 27.8. The summed E-state index contributed by atoms with van der Waals surface area (Å²) in [5.41, 5.74) is 1.00. The quantitative estimate of drug-likeness (QED) is 0.785. The van der Waals surface area contributed by atoms with Crippen LogP contribution >= 0.6 is 0 Å². The maximum atomic E-state index is 13.6. The monoisotopic (exact) mass is 386 g/mol. The van der Waals surface area contributed by atoms with Crippen molar-refractivity contribution in [2.24, 2.45) is 11.8 Å². The number of hydrogen-bond donors (Lipinski definition) is 1. The Morgan fingerprint density at radius 3 is 2.86 bits per heavy atom. The Morgan fingerprint density at radius 1 is 1.32 bits per heavy atom. The van der Waals surface area contributed by atoms with Gasteiger partial charge in [-0.25, -0.2) is 0 Å². The zero-order valence-electron chi connectivity index (χ0n) is 17.0. The molecule has 0 aromatic heterocycles. The number of nitrogens with one attached hydrogen (secondary N) is 1. The molecule has 1 unspecified atom stereocenters. The SMILES string of the molecule is CC[C@@H]1CN2CCC3(Nc4cccc(OC)c4C3=O)[C@@H]2C[C@@H]1CCC(=O)OC. The highest BCUT2D eigenvalue weighted by atomic mass is 16.5. The van der Waals surface area contributed by atoms with E-state index >= 15 is 0 Å². The number of carbonyl (C=O) groups excluding carboxylic acids is 2. The fourth-order valence-corrected chi connectivity index (χ4v) is 5.64. The molecule has 1 N–H and O–H groups in total. The molecule has 0 aliphatic carbocycles. The Morgan fingerprint density at radius 2 is 2.14 bits per heavy atom. The third-order valence-electron chi connectivity index (χ3n) is 7.17. The molecule has 1 aromatic carbocycles. The molecule has 6 nitrogen and oxygen atoms in total. The Labute approximate surface area is 166 Å². The summed E-state index contributed by atoms with van der Waals surface area (Å²) in [6.07, 6.45) is 4.12. The zero-order chi connectivity index (χ0) is 19.9. The molecule has 152 valence electrons. The third-order valence-corrected chi connectivity index (χ3v) is 7.17. The molecule has 0 radical (unpaired) electrons. The van der Waals surface area contributed by atoms with Crippen LogP contribution in [-0.4, -0.2) is 55.5 Å². The molecule has 4 atom stereocenters. The molecule has 1 spiro atoms. The van der Waals surface area contributed by atoms with Crippen molar-refractivity contribution in [2.75, 3.05) is 32.6 Å². The van der Waals surface area contributed by atoms with E-state index in [1.54, 1.807) is 7.11 Å². The van der Waals surface area contributed by atoms with Crippen molar-refractivity contribution in [2.45, 2.75) is 50.6 Å². The van der Waals surface area contributed by atoms with Gasteiger partial charge in [0, 0.05) is 31.2 Å². The molecule has 1 aromatic rings. The van der Waals surface area contributed by atoms with E-state index in [0.717, 1.165) is 44.5 Å². The van der Waals surface area contributed by atoms with E-state index in [-0.39, 0.29) is 17.8 Å². The summed E-state index contributed by atoms with van der Waals surface area (Å²) in [6, 6.07) is 5.91. The summed E-state index contributed by atoms with van der Waals surface area (Å²) in [5.74, 6) is 1.65. The Balaban J connectivity index is 1.60. The van der Waals surface area contributed by atoms with E-state index in [9.17, 15) is 9.59 Å². The van der Waals surface area contributed by atoms with Crippen molar-refractivity contribution in [3.63, 3.8) is 0 Å². The lowest BCUT2D eigenvalue weighted by atomic mass is 9.73. The van der Waals surface area contributed by atoms with Gasteiger partial charge in [0.2, 0.25) is 0 Å². The molecule has 4 rings (SSSR count). The minimum atomic E-state index is -0.570. The number of Topliss-reactive ketones (excluding diaryl/α,β-unsaturated/α-hetero) is 1. The summed E-state index contributed by atoms with van der Waals surface area (Å²) >= 11 is 0. The lowest BCUT2D eigenvalue weighted by Gasteiger charge is -2.45. The van der Waals surface area contributed by atoms with E-state index in [4.69, 9.17) is 9.47 Å². The lowest BCUT2D eigenvalue weighted by molar-refractivity contribution is -0.141. The summed E-state index contributed by atoms with van der Waals surface area (Å²) in [6.45, 7) is 4.15. The van der Waals surface area contributed by atoms with Crippen molar-refractivity contribution in [1.29, 1.82) is 0 Å². The van der Waals surface area contributed by atoms with Gasteiger partial charge in [-0.15, -0.1) is 0 Å². The standard InChI is InChI=1S/C22H30N2O4/c1-4-14-13-24-11-10-22(18(24)12-15(14)8-9-19(25)28-3)21(26)20-16(23-22)6-5-7-17(20)27-2/h5-7,14-15,18,23H,4,8-13H2,1-3H3/t14-,15+,18+,22?/m1/s1. The fourth-order valence-electron chi connectivity index (χ4n) is 5.64.